The number of hydrogen-bond acceptors (Lipinski definition) is 3. The molecule has 0 spiro atoms. The summed E-state index contributed by atoms with van der Waals surface area (Å²) < 4.78 is 5.58. The number of piperidine rings is 1. The molecule has 0 N–H and O–H groups in total. The Balaban J connectivity index is 1.89. The molecule has 0 saturated carbocycles. The fraction of sp³-hybridized carbons (Fsp3) is 0.556. The van der Waals surface area contributed by atoms with Gasteiger partial charge in [-0.1, -0.05) is 13.8 Å². The van der Waals surface area contributed by atoms with Gasteiger partial charge in [-0.2, -0.15) is 0 Å². The van der Waals surface area contributed by atoms with Crippen molar-refractivity contribution in [3.63, 3.8) is 0 Å². The number of benzene rings is 1. The fourth-order valence-electron chi connectivity index (χ4n) is 2.92. The lowest BCUT2D eigenvalue weighted by atomic mass is 10.00. The average Bonchev–Trinajstić information content (AvgIpc) is 2.59. The standard InChI is InChI=1S/C18H25NO3/c1-3-15-7-5-6-12-19(15)18(21)13-22-16-10-8-14(9-11-16)17(20)4-2/h8-11,15H,3-7,12-13H2,1-2H3/t15-/m0/s1. The average molecular weight is 303 g/mol. The van der Waals surface area contributed by atoms with Crippen LogP contribution in [0.4, 0.5) is 0 Å². The largest absolute Gasteiger partial charge is 0.484 e. The molecular formula is C18H25NO3. The van der Waals surface area contributed by atoms with Crippen molar-refractivity contribution in [1.82, 2.24) is 4.90 Å². The molecule has 1 aliphatic rings. The first-order valence-corrected chi connectivity index (χ1v) is 8.21. The fourth-order valence-corrected chi connectivity index (χ4v) is 2.92. The summed E-state index contributed by atoms with van der Waals surface area (Å²) in [4.78, 5) is 25.8. The monoisotopic (exact) mass is 303 g/mol. The molecule has 0 bridgehead atoms. The molecule has 0 radical (unpaired) electrons. The minimum atomic E-state index is 0.0558. The summed E-state index contributed by atoms with van der Waals surface area (Å²) in [6, 6.07) is 7.37. The number of carbonyl (C=O) groups is 2. The highest BCUT2D eigenvalue weighted by Crippen LogP contribution is 2.20. The number of rotatable bonds is 6. The van der Waals surface area contributed by atoms with Crippen molar-refractivity contribution < 1.29 is 14.3 Å². The highest BCUT2D eigenvalue weighted by atomic mass is 16.5. The zero-order valence-corrected chi connectivity index (χ0v) is 13.5. The van der Waals surface area contributed by atoms with Crippen molar-refractivity contribution in [3.8, 4) is 5.75 Å². The maximum atomic E-state index is 12.3. The first-order chi connectivity index (χ1) is 10.7. The molecule has 4 heteroatoms. The van der Waals surface area contributed by atoms with E-state index in [9.17, 15) is 9.59 Å². The van der Waals surface area contributed by atoms with E-state index in [1.54, 1.807) is 24.3 Å². The Bertz CT molecular complexity index is 510. The molecule has 1 aromatic rings. The number of hydrogen-bond donors (Lipinski definition) is 0. The van der Waals surface area contributed by atoms with Crippen LogP contribution < -0.4 is 4.74 Å². The summed E-state index contributed by atoms with van der Waals surface area (Å²) in [6.07, 6.45) is 4.87. The zero-order chi connectivity index (χ0) is 15.9. The van der Waals surface area contributed by atoms with E-state index in [-0.39, 0.29) is 18.3 Å². The summed E-state index contributed by atoms with van der Waals surface area (Å²) >= 11 is 0. The van der Waals surface area contributed by atoms with Crippen molar-refractivity contribution in [3.05, 3.63) is 29.8 Å². The van der Waals surface area contributed by atoms with Crippen LogP contribution in [0.5, 0.6) is 5.75 Å². The first-order valence-electron chi connectivity index (χ1n) is 8.21. The summed E-state index contributed by atoms with van der Waals surface area (Å²) in [6.45, 7) is 4.87. The van der Waals surface area contributed by atoms with Gasteiger partial charge < -0.3 is 9.64 Å². The van der Waals surface area contributed by atoms with Gasteiger partial charge in [-0.15, -0.1) is 0 Å². The molecule has 1 aliphatic heterocycles. The maximum absolute atomic E-state index is 12.3. The molecule has 2 rings (SSSR count). The van der Waals surface area contributed by atoms with Crippen LogP contribution in [0.3, 0.4) is 0 Å². The molecule has 4 nitrogen and oxygen atoms in total. The lowest BCUT2D eigenvalue weighted by molar-refractivity contribution is -0.137. The number of carbonyl (C=O) groups excluding carboxylic acids is 2. The number of ether oxygens (including phenoxy) is 1. The topological polar surface area (TPSA) is 46.6 Å². The molecule has 1 saturated heterocycles. The van der Waals surface area contributed by atoms with Crippen molar-refractivity contribution in [2.24, 2.45) is 0 Å². The molecular weight excluding hydrogens is 278 g/mol. The van der Waals surface area contributed by atoms with E-state index in [1.165, 1.54) is 6.42 Å². The minimum Gasteiger partial charge on any atom is -0.484 e. The normalized spacial score (nSPS) is 18.1. The third kappa shape index (κ3) is 4.09. The number of likely N-dealkylation sites (tertiary alicyclic amines) is 1. The molecule has 1 heterocycles. The first kappa shape index (κ1) is 16.5. The Morgan fingerprint density at radius 1 is 1.18 bits per heavy atom. The van der Waals surface area contributed by atoms with Gasteiger partial charge in [0.1, 0.15) is 5.75 Å². The second-order valence-corrected chi connectivity index (χ2v) is 5.73. The molecule has 1 fully saturated rings. The lowest BCUT2D eigenvalue weighted by Crippen LogP contribution is -2.45. The van der Waals surface area contributed by atoms with Gasteiger partial charge in [0, 0.05) is 24.6 Å². The summed E-state index contributed by atoms with van der Waals surface area (Å²) in [5.74, 6) is 0.799. The zero-order valence-electron chi connectivity index (χ0n) is 13.5. The smallest absolute Gasteiger partial charge is 0.260 e. The Kier molecular flexibility index (Phi) is 5.99. The van der Waals surface area contributed by atoms with Crippen LogP contribution in [0.25, 0.3) is 0 Å². The highest BCUT2D eigenvalue weighted by molar-refractivity contribution is 5.95. The number of ketones is 1. The van der Waals surface area contributed by atoms with Gasteiger partial charge in [-0.25, -0.2) is 0 Å². The molecule has 1 aromatic carbocycles. The van der Waals surface area contributed by atoms with E-state index >= 15 is 0 Å². The van der Waals surface area contributed by atoms with Gasteiger partial charge in [-0.3, -0.25) is 9.59 Å². The second kappa shape index (κ2) is 7.97. The van der Waals surface area contributed by atoms with Crippen molar-refractivity contribution >= 4 is 11.7 Å². The van der Waals surface area contributed by atoms with Gasteiger partial charge in [0.05, 0.1) is 0 Å². The second-order valence-electron chi connectivity index (χ2n) is 5.73. The third-order valence-corrected chi connectivity index (χ3v) is 4.28. The molecule has 0 unspecified atom stereocenters. The van der Waals surface area contributed by atoms with Crippen LogP contribution in [0, 0.1) is 0 Å². The molecule has 0 aliphatic carbocycles. The SMILES string of the molecule is CCC(=O)c1ccc(OCC(=O)N2CCCC[C@@H]2CC)cc1. The van der Waals surface area contributed by atoms with E-state index in [0.29, 0.717) is 23.8 Å². The minimum absolute atomic E-state index is 0.0558. The van der Waals surface area contributed by atoms with Crippen LogP contribution in [0.1, 0.15) is 56.3 Å². The highest BCUT2D eigenvalue weighted by Gasteiger charge is 2.25. The van der Waals surface area contributed by atoms with Crippen molar-refractivity contribution in [1.29, 1.82) is 0 Å². The Labute approximate surface area is 132 Å². The Morgan fingerprint density at radius 2 is 1.91 bits per heavy atom. The van der Waals surface area contributed by atoms with Gasteiger partial charge in [0.2, 0.25) is 0 Å². The predicted octanol–water partition coefficient (Wildman–Crippen LogP) is 3.45. The van der Waals surface area contributed by atoms with E-state index in [1.807, 2.05) is 11.8 Å². The number of nitrogens with zero attached hydrogens (tertiary/aromatic N) is 1. The van der Waals surface area contributed by atoms with Gasteiger partial charge in [0.25, 0.3) is 5.91 Å². The lowest BCUT2D eigenvalue weighted by Gasteiger charge is -2.35. The van der Waals surface area contributed by atoms with E-state index in [2.05, 4.69) is 6.92 Å². The Hall–Kier alpha value is -1.84. The molecule has 120 valence electrons. The Morgan fingerprint density at radius 3 is 2.55 bits per heavy atom. The van der Waals surface area contributed by atoms with Crippen LogP contribution in [0.15, 0.2) is 24.3 Å². The molecule has 0 aromatic heterocycles. The van der Waals surface area contributed by atoms with Gasteiger partial charge >= 0.3 is 0 Å². The predicted molar refractivity (Wildman–Crippen MR) is 86.2 cm³/mol. The number of amides is 1. The maximum Gasteiger partial charge on any atom is 0.260 e. The summed E-state index contributed by atoms with van der Waals surface area (Å²) in [5, 5.41) is 0. The number of Topliss-reactive ketones (excluding diaryl/α,β-unsaturated/α-hetero) is 1. The molecule has 1 amide bonds. The van der Waals surface area contributed by atoms with Crippen LogP contribution in [-0.4, -0.2) is 35.8 Å². The van der Waals surface area contributed by atoms with E-state index in [4.69, 9.17) is 4.74 Å². The molecule has 1 atom stereocenters. The van der Waals surface area contributed by atoms with E-state index < -0.39 is 0 Å². The summed E-state index contributed by atoms with van der Waals surface area (Å²) in [7, 11) is 0. The molecule has 22 heavy (non-hydrogen) atoms. The van der Waals surface area contributed by atoms with E-state index in [0.717, 1.165) is 25.8 Å². The van der Waals surface area contributed by atoms with Crippen LogP contribution in [-0.2, 0) is 4.79 Å². The van der Waals surface area contributed by atoms with Crippen LogP contribution in [0.2, 0.25) is 0 Å². The van der Waals surface area contributed by atoms with Crippen molar-refractivity contribution in [2.75, 3.05) is 13.2 Å². The third-order valence-electron chi connectivity index (χ3n) is 4.28. The van der Waals surface area contributed by atoms with Crippen LogP contribution >= 0.6 is 0 Å². The van der Waals surface area contributed by atoms with Gasteiger partial charge in [-0.05, 0) is 49.9 Å². The van der Waals surface area contributed by atoms with Crippen molar-refractivity contribution in [2.45, 2.75) is 52.0 Å². The quantitative estimate of drug-likeness (QED) is 0.756. The summed E-state index contributed by atoms with van der Waals surface area (Å²) in [5.41, 5.74) is 0.684. The van der Waals surface area contributed by atoms with Gasteiger partial charge in [0.15, 0.2) is 12.4 Å².